The number of hydrogen-bond donors (Lipinski definition) is 0. The van der Waals surface area contributed by atoms with Gasteiger partial charge in [-0.3, -0.25) is 0 Å². The summed E-state index contributed by atoms with van der Waals surface area (Å²) in [5.41, 5.74) is 0.771. The van der Waals surface area contributed by atoms with Crippen LogP contribution in [0.25, 0.3) is 0 Å². The maximum absolute atomic E-state index is 12.0. The Morgan fingerprint density at radius 1 is 1.44 bits per heavy atom. The van der Waals surface area contributed by atoms with Gasteiger partial charge in [0.1, 0.15) is 0 Å². The van der Waals surface area contributed by atoms with Crippen LogP contribution in [-0.4, -0.2) is 14.2 Å². The monoisotopic (exact) mass is 482 g/mol. The molecule has 0 amide bonds. The number of halogens is 3. The topological polar surface area (TPSA) is 34.1 Å². The largest absolute Gasteiger partial charge is 0.223 e. The van der Waals surface area contributed by atoms with Crippen LogP contribution < -0.4 is 0 Å². The maximum Gasteiger partial charge on any atom is 0.182 e. The number of sulfone groups is 1. The van der Waals surface area contributed by atoms with E-state index in [0.717, 1.165) is 5.56 Å². The quantitative estimate of drug-likeness (QED) is 0.367. The normalized spacial score (nSPS) is 11.8. The lowest BCUT2D eigenvalue weighted by Crippen LogP contribution is -2.07. The van der Waals surface area contributed by atoms with E-state index >= 15 is 0 Å². The van der Waals surface area contributed by atoms with Crippen LogP contribution >= 0.6 is 56.8 Å². The van der Waals surface area contributed by atoms with E-state index in [9.17, 15) is 8.42 Å². The third-order valence-corrected chi connectivity index (χ3v) is 5.16. The van der Waals surface area contributed by atoms with Crippen LogP contribution in [0.4, 0.5) is 0 Å². The number of benzene rings is 1. The maximum atomic E-state index is 12.0. The summed E-state index contributed by atoms with van der Waals surface area (Å²) in [7, 11) is -3.32. The van der Waals surface area contributed by atoms with Gasteiger partial charge < -0.3 is 0 Å². The highest BCUT2D eigenvalue weighted by Gasteiger charge is 2.20. The van der Waals surface area contributed by atoms with Crippen molar-refractivity contribution < 1.29 is 8.42 Å². The highest BCUT2D eigenvalue weighted by atomic mass is 127. The molecule has 1 aromatic carbocycles. The molecule has 0 radical (unpaired) electrons. The van der Waals surface area contributed by atoms with E-state index in [1.54, 1.807) is 12.1 Å². The predicted molar refractivity (Wildman–Crippen MR) is 84.5 cm³/mol. The summed E-state index contributed by atoms with van der Waals surface area (Å²) in [6.45, 7) is 3.45. The summed E-state index contributed by atoms with van der Waals surface area (Å²) in [6, 6.07) is 4.95. The van der Waals surface area contributed by atoms with E-state index < -0.39 is 9.84 Å². The minimum absolute atomic E-state index is 0.0691. The van der Waals surface area contributed by atoms with E-state index in [-0.39, 0.29) is 7.68 Å². The molecule has 0 unspecified atom stereocenters. The van der Waals surface area contributed by atoms with Gasteiger partial charge in [0.25, 0.3) is 0 Å². The molecular weight excluding hydrogens is 473 g/mol. The minimum Gasteiger partial charge on any atom is -0.223 e. The highest BCUT2D eigenvalue weighted by molar-refractivity contribution is 14.2. The molecule has 0 fully saturated rings. The van der Waals surface area contributed by atoms with Crippen LogP contribution in [0, 0.1) is 0 Å². The molecule has 0 heterocycles. The van der Waals surface area contributed by atoms with E-state index in [2.05, 4.69) is 51.8 Å². The average Bonchev–Trinajstić information content (AvgIpc) is 2.17. The predicted octanol–water partition coefficient (Wildman–Crippen LogP) is 4.17. The first-order chi connectivity index (χ1) is 7.38. The zero-order chi connectivity index (χ0) is 12.3. The van der Waals surface area contributed by atoms with Crippen molar-refractivity contribution in [2.24, 2.45) is 0 Å². The van der Waals surface area contributed by atoms with Gasteiger partial charge in [-0.2, -0.15) is 0 Å². The lowest BCUT2D eigenvalue weighted by atomic mass is 10.2. The molecule has 0 aliphatic heterocycles. The van der Waals surface area contributed by atoms with Crippen molar-refractivity contribution in [3.05, 3.63) is 41.4 Å². The Hall–Kier alpha value is 0.660. The number of hydrogen-bond acceptors (Lipinski definition) is 2. The molecule has 1 rings (SSSR count). The summed E-state index contributed by atoms with van der Waals surface area (Å²) in [6.07, 6.45) is 1.38. The molecular formula is C10H9ClI2O2S. The highest BCUT2D eigenvalue weighted by Crippen LogP contribution is 2.36. The number of alkyl halides is 2. The van der Waals surface area contributed by atoms with Crippen molar-refractivity contribution in [3.8, 4) is 0 Å². The Kier molecular flexibility index (Phi) is 5.53. The second-order valence-corrected chi connectivity index (χ2v) is 10.4. The van der Waals surface area contributed by atoms with Crippen LogP contribution in [0.2, 0.25) is 5.02 Å². The molecule has 0 aliphatic rings. The Morgan fingerprint density at radius 2 is 2.06 bits per heavy atom. The molecule has 0 bridgehead atoms. The van der Waals surface area contributed by atoms with Crippen LogP contribution in [-0.2, 0) is 9.84 Å². The molecule has 0 saturated carbocycles. The lowest BCUT2D eigenvalue weighted by molar-refractivity contribution is 0.598. The van der Waals surface area contributed by atoms with Crippen LogP contribution in [0.1, 0.15) is 7.49 Å². The SMILES string of the molecule is C=CCS(=O)(=O)c1cc(Cl)ccc1C(I)I. The van der Waals surface area contributed by atoms with Crippen molar-refractivity contribution >= 4 is 66.6 Å². The summed E-state index contributed by atoms with van der Waals surface area (Å²) < 4.78 is 24.0. The van der Waals surface area contributed by atoms with Crippen LogP contribution in [0.15, 0.2) is 35.7 Å². The third kappa shape index (κ3) is 3.58. The summed E-state index contributed by atoms with van der Waals surface area (Å²) in [5.74, 6) is -0.0691. The van der Waals surface area contributed by atoms with Gasteiger partial charge in [-0.1, -0.05) is 68.9 Å². The fourth-order valence-electron chi connectivity index (χ4n) is 1.20. The van der Waals surface area contributed by atoms with E-state index in [1.807, 2.05) is 0 Å². The molecule has 0 spiro atoms. The van der Waals surface area contributed by atoms with Crippen molar-refractivity contribution in [3.63, 3.8) is 0 Å². The Bertz CT molecular complexity index is 498. The molecule has 0 atom stereocenters. The molecule has 0 saturated heterocycles. The second-order valence-electron chi connectivity index (χ2n) is 3.05. The third-order valence-electron chi connectivity index (χ3n) is 1.88. The Balaban J connectivity index is 3.41. The minimum atomic E-state index is -3.32. The van der Waals surface area contributed by atoms with Crippen molar-refractivity contribution in [1.29, 1.82) is 0 Å². The smallest absolute Gasteiger partial charge is 0.182 e. The van der Waals surface area contributed by atoms with Gasteiger partial charge in [-0.25, -0.2) is 8.42 Å². The molecule has 6 heteroatoms. The molecule has 0 aromatic heterocycles. The summed E-state index contributed by atoms with van der Waals surface area (Å²) >= 11 is 10.2. The Labute approximate surface area is 128 Å². The van der Waals surface area contributed by atoms with Crippen LogP contribution in [0.5, 0.6) is 0 Å². The van der Waals surface area contributed by atoms with Gasteiger partial charge >= 0.3 is 0 Å². The van der Waals surface area contributed by atoms with Gasteiger partial charge in [-0.05, 0) is 17.7 Å². The number of rotatable bonds is 4. The Morgan fingerprint density at radius 3 is 2.56 bits per heavy atom. The van der Waals surface area contributed by atoms with E-state index in [0.29, 0.717) is 9.92 Å². The van der Waals surface area contributed by atoms with Gasteiger partial charge in [-0.15, -0.1) is 6.58 Å². The van der Waals surface area contributed by atoms with Gasteiger partial charge in [0, 0.05) is 5.02 Å². The van der Waals surface area contributed by atoms with Crippen molar-refractivity contribution in [2.75, 3.05) is 5.75 Å². The van der Waals surface area contributed by atoms with Crippen LogP contribution in [0.3, 0.4) is 0 Å². The fraction of sp³-hybridized carbons (Fsp3) is 0.200. The first-order valence-electron chi connectivity index (χ1n) is 4.29. The van der Waals surface area contributed by atoms with Crippen molar-refractivity contribution in [2.45, 2.75) is 6.83 Å². The standard InChI is InChI=1S/C10H9ClI2O2S/c1-2-5-16(14,15)9-6-7(11)3-4-8(9)10(12)13/h2-4,6,10H,1,5H2. The first-order valence-corrected chi connectivity index (χ1v) is 8.82. The van der Waals surface area contributed by atoms with Gasteiger partial charge in [0.05, 0.1) is 12.6 Å². The zero-order valence-electron chi connectivity index (χ0n) is 8.16. The van der Waals surface area contributed by atoms with E-state index in [1.165, 1.54) is 12.1 Å². The van der Waals surface area contributed by atoms with Gasteiger partial charge in [0.2, 0.25) is 0 Å². The molecule has 88 valence electrons. The molecule has 0 N–H and O–H groups in total. The average molecular weight is 483 g/mol. The molecule has 1 aromatic rings. The summed E-state index contributed by atoms with van der Waals surface area (Å²) in [4.78, 5) is 0.300. The fourth-order valence-corrected chi connectivity index (χ4v) is 4.29. The molecule has 2 nitrogen and oxygen atoms in total. The van der Waals surface area contributed by atoms with Crippen molar-refractivity contribution in [1.82, 2.24) is 0 Å². The second kappa shape index (κ2) is 6.01. The zero-order valence-corrected chi connectivity index (χ0v) is 14.0. The first kappa shape index (κ1) is 14.7. The summed E-state index contributed by atoms with van der Waals surface area (Å²) in [5, 5.41) is 0.430. The van der Waals surface area contributed by atoms with E-state index in [4.69, 9.17) is 11.6 Å². The molecule has 0 aliphatic carbocycles. The lowest BCUT2D eigenvalue weighted by Gasteiger charge is -2.10. The molecule has 16 heavy (non-hydrogen) atoms. The van der Waals surface area contributed by atoms with Gasteiger partial charge in [0.15, 0.2) is 9.84 Å².